The summed E-state index contributed by atoms with van der Waals surface area (Å²) in [5.74, 6) is -0.949. The molecule has 0 aromatic heterocycles. The number of amides is 2. The zero-order chi connectivity index (χ0) is 18.5. The summed E-state index contributed by atoms with van der Waals surface area (Å²) in [7, 11) is 0. The number of carbonyl (C=O) groups is 2. The molecule has 1 fully saturated rings. The molecule has 1 saturated heterocycles. The number of benzene rings is 1. The second kappa shape index (κ2) is 8.34. The van der Waals surface area contributed by atoms with E-state index in [1.165, 1.54) is 12.1 Å². The maximum Gasteiger partial charge on any atom is 0.233 e. The van der Waals surface area contributed by atoms with Gasteiger partial charge < -0.3 is 15.0 Å². The molecule has 1 aromatic carbocycles. The average molecular weight is 375 g/mol. The van der Waals surface area contributed by atoms with Gasteiger partial charge in [-0.25, -0.2) is 4.39 Å². The summed E-state index contributed by atoms with van der Waals surface area (Å²) >= 11 is 1.16. The van der Waals surface area contributed by atoms with Crippen LogP contribution in [0.2, 0.25) is 0 Å². The molecule has 0 unspecified atom stereocenters. The van der Waals surface area contributed by atoms with Crippen LogP contribution in [0.1, 0.15) is 17.9 Å². The minimum Gasteiger partial charge on any atom is -0.378 e. The molecule has 0 saturated carbocycles. The topological polar surface area (TPSA) is 82.4 Å². The molecule has 0 bridgehead atoms. The summed E-state index contributed by atoms with van der Waals surface area (Å²) < 4.78 is 18.4. The normalized spacial score (nSPS) is 20.5. The van der Waals surface area contributed by atoms with Crippen LogP contribution in [-0.2, 0) is 14.3 Å². The van der Waals surface area contributed by atoms with Crippen molar-refractivity contribution in [3.8, 4) is 6.07 Å². The smallest absolute Gasteiger partial charge is 0.233 e. The first-order valence-corrected chi connectivity index (χ1v) is 9.25. The van der Waals surface area contributed by atoms with Gasteiger partial charge in [0, 0.05) is 25.4 Å². The van der Waals surface area contributed by atoms with Crippen molar-refractivity contribution in [3.63, 3.8) is 0 Å². The van der Waals surface area contributed by atoms with E-state index in [4.69, 9.17) is 4.74 Å². The van der Waals surface area contributed by atoms with Gasteiger partial charge >= 0.3 is 0 Å². The molecule has 2 aliphatic heterocycles. The molecule has 1 atom stereocenters. The number of thioether (sulfide) groups is 1. The summed E-state index contributed by atoms with van der Waals surface area (Å²) in [5.41, 5.74) is 1.10. The summed E-state index contributed by atoms with van der Waals surface area (Å²) in [6.07, 6.45) is 0.121. The predicted molar refractivity (Wildman–Crippen MR) is 94.4 cm³/mol. The van der Waals surface area contributed by atoms with Gasteiger partial charge in [-0.05, 0) is 17.7 Å². The highest BCUT2D eigenvalue weighted by molar-refractivity contribution is 8.03. The molecule has 0 spiro atoms. The lowest BCUT2D eigenvalue weighted by Crippen LogP contribution is -2.42. The third kappa shape index (κ3) is 4.23. The van der Waals surface area contributed by atoms with Gasteiger partial charge in [0.1, 0.15) is 5.82 Å². The number of ether oxygens (including phenoxy) is 1. The maximum atomic E-state index is 13.2. The molecule has 0 aliphatic carbocycles. The lowest BCUT2D eigenvalue weighted by atomic mass is 9.87. The third-order valence-electron chi connectivity index (χ3n) is 4.33. The molecular formula is C18H18FN3O3S. The quantitative estimate of drug-likeness (QED) is 0.867. The number of hydrogen-bond donors (Lipinski definition) is 1. The van der Waals surface area contributed by atoms with Crippen molar-refractivity contribution in [2.45, 2.75) is 12.3 Å². The number of nitrogens with one attached hydrogen (secondary N) is 1. The standard InChI is InChI=1S/C18H18FN3O3S/c19-13-3-1-12(2-4-13)14-9-16(23)21-18(15(14)10-20)26-11-17(24)22-5-7-25-8-6-22/h1-4,14H,5-9,11H2,(H,21,23)/t14-/m0/s1. The first-order valence-electron chi connectivity index (χ1n) is 8.26. The Kier molecular flexibility index (Phi) is 5.91. The van der Waals surface area contributed by atoms with Crippen molar-refractivity contribution >= 4 is 23.6 Å². The van der Waals surface area contributed by atoms with Crippen molar-refractivity contribution in [3.05, 3.63) is 46.2 Å². The highest BCUT2D eigenvalue weighted by Crippen LogP contribution is 2.36. The number of hydrogen-bond acceptors (Lipinski definition) is 5. The Morgan fingerprint density at radius 3 is 2.69 bits per heavy atom. The van der Waals surface area contributed by atoms with Crippen LogP contribution >= 0.6 is 11.8 Å². The van der Waals surface area contributed by atoms with Crippen molar-refractivity contribution in [1.29, 1.82) is 5.26 Å². The van der Waals surface area contributed by atoms with Crippen molar-refractivity contribution in [2.24, 2.45) is 0 Å². The number of rotatable bonds is 4. The molecule has 3 rings (SSSR count). The van der Waals surface area contributed by atoms with Gasteiger partial charge in [-0.15, -0.1) is 0 Å². The van der Waals surface area contributed by atoms with Crippen LogP contribution in [0.25, 0.3) is 0 Å². The molecule has 2 aliphatic rings. The maximum absolute atomic E-state index is 13.2. The number of carbonyl (C=O) groups excluding carboxylic acids is 2. The van der Waals surface area contributed by atoms with E-state index in [1.54, 1.807) is 17.0 Å². The third-order valence-corrected chi connectivity index (χ3v) is 5.33. The summed E-state index contributed by atoms with van der Waals surface area (Å²) in [4.78, 5) is 26.1. The summed E-state index contributed by atoms with van der Waals surface area (Å²) in [5, 5.41) is 12.7. The van der Waals surface area contributed by atoms with Crippen molar-refractivity contribution < 1.29 is 18.7 Å². The van der Waals surface area contributed by atoms with Crippen LogP contribution in [0.15, 0.2) is 34.9 Å². The van der Waals surface area contributed by atoms with Crippen molar-refractivity contribution in [2.75, 3.05) is 32.1 Å². The van der Waals surface area contributed by atoms with Crippen LogP contribution in [0.4, 0.5) is 4.39 Å². The van der Waals surface area contributed by atoms with Gasteiger partial charge in [0.15, 0.2) is 0 Å². The molecule has 26 heavy (non-hydrogen) atoms. The summed E-state index contributed by atoms with van der Waals surface area (Å²) in [6, 6.07) is 7.93. The fraction of sp³-hybridized carbons (Fsp3) is 0.389. The molecule has 8 heteroatoms. The van der Waals surface area contributed by atoms with E-state index in [-0.39, 0.29) is 29.8 Å². The second-order valence-electron chi connectivity index (χ2n) is 5.99. The summed E-state index contributed by atoms with van der Waals surface area (Å²) in [6.45, 7) is 2.14. The van der Waals surface area contributed by atoms with Crippen molar-refractivity contribution in [1.82, 2.24) is 10.2 Å². The number of nitriles is 1. The predicted octanol–water partition coefficient (Wildman–Crippen LogP) is 1.76. The Labute approximate surface area is 155 Å². The molecule has 136 valence electrons. The zero-order valence-electron chi connectivity index (χ0n) is 14.0. The van der Waals surface area contributed by atoms with E-state index in [0.717, 1.165) is 11.8 Å². The molecule has 1 N–H and O–H groups in total. The van der Waals surface area contributed by atoms with E-state index in [1.807, 2.05) is 0 Å². The number of nitrogens with zero attached hydrogens (tertiary/aromatic N) is 2. The molecule has 0 radical (unpaired) electrons. The second-order valence-corrected chi connectivity index (χ2v) is 6.98. The van der Waals surface area contributed by atoms with E-state index in [0.29, 0.717) is 42.5 Å². The largest absolute Gasteiger partial charge is 0.378 e. The van der Waals surface area contributed by atoms with Crippen LogP contribution in [0.5, 0.6) is 0 Å². The molecule has 6 nitrogen and oxygen atoms in total. The van der Waals surface area contributed by atoms with Gasteiger partial charge in [0.25, 0.3) is 0 Å². The van der Waals surface area contributed by atoms with E-state index < -0.39 is 5.92 Å². The first kappa shape index (κ1) is 18.4. The Hall–Kier alpha value is -2.37. The van der Waals surface area contributed by atoms with E-state index in [9.17, 15) is 19.2 Å². The van der Waals surface area contributed by atoms with Gasteiger partial charge in [0.2, 0.25) is 11.8 Å². The Morgan fingerprint density at radius 2 is 2.04 bits per heavy atom. The minimum absolute atomic E-state index is 0.0544. The highest BCUT2D eigenvalue weighted by Gasteiger charge is 2.30. The SMILES string of the molecule is N#CC1=C(SCC(=O)N2CCOCC2)NC(=O)C[C@H]1c1ccc(F)cc1. The number of halogens is 1. The Bertz CT molecular complexity index is 767. The molecule has 1 aromatic rings. The Balaban J connectivity index is 1.76. The lowest BCUT2D eigenvalue weighted by molar-refractivity contribution is -0.132. The van der Waals surface area contributed by atoms with Gasteiger partial charge in [-0.2, -0.15) is 5.26 Å². The van der Waals surface area contributed by atoms with E-state index >= 15 is 0 Å². The van der Waals surface area contributed by atoms with Gasteiger partial charge in [-0.1, -0.05) is 23.9 Å². The van der Waals surface area contributed by atoms with Crippen LogP contribution in [0, 0.1) is 17.1 Å². The highest BCUT2D eigenvalue weighted by atomic mass is 32.2. The minimum atomic E-state index is -0.435. The van der Waals surface area contributed by atoms with E-state index in [2.05, 4.69) is 11.4 Å². The number of allylic oxidation sites excluding steroid dienone is 1. The van der Waals surface area contributed by atoms with Crippen LogP contribution in [0.3, 0.4) is 0 Å². The van der Waals surface area contributed by atoms with Gasteiger partial charge in [-0.3, -0.25) is 9.59 Å². The molecule has 2 heterocycles. The average Bonchev–Trinajstić information content (AvgIpc) is 2.67. The van der Waals surface area contributed by atoms with Gasteiger partial charge in [0.05, 0.1) is 35.6 Å². The molecular weight excluding hydrogens is 357 g/mol. The zero-order valence-corrected chi connectivity index (χ0v) is 14.9. The fourth-order valence-electron chi connectivity index (χ4n) is 2.95. The number of morpholine rings is 1. The monoisotopic (exact) mass is 375 g/mol. The fourth-order valence-corrected chi connectivity index (χ4v) is 3.93. The first-order chi connectivity index (χ1) is 12.6. The van der Waals surface area contributed by atoms with Crippen LogP contribution < -0.4 is 5.32 Å². The lowest BCUT2D eigenvalue weighted by Gasteiger charge is -2.28. The molecule has 2 amide bonds. The Morgan fingerprint density at radius 1 is 1.35 bits per heavy atom. The van der Waals surface area contributed by atoms with Crippen LogP contribution in [-0.4, -0.2) is 48.8 Å².